The van der Waals surface area contributed by atoms with Crippen molar-refractivity contribution in [2.75, 3.05) is 13.2 Å². The number of aryl methyl sites for hydroxylation is 3. The summed E-state index contributed by atoms with van der Waals surface area (Å²) in [4.78, 5) is 11.4. The Labute approximate surface area is 245 Å². The Morgan fingerprint density at radius 2 is 1.85 bits per heavy atom. The van der Waals surface area contributed by atoms with E-state index in [1.165, 1.54) is 17.3 Å². The highest BCUT2D eigenvalue weighted by Gasteiger charge is 2.26. The van der Waals surface area contributed by atoms with Gasteiger partial charge in [0.15, 0.2) is 16.7 Å². The first-order valence-electron chi connectivity index (χ1n) is 12.3. The predicted molar refractivity (Wildman–Crippen MR) is 157 cm³/mol. The third kappa shape index (κ3) is 6.93. The predicted octanol–water partition coefficient (Wildman–Crippen LogP) is 7.70. The van der Waals surface area contributed by atoms with Crippen LogP contribution in [0.25, 0.3) is 5.69 Å². The molecule has 0 aliphatic carbocycles. The average Bonchev–Trinajstić information content (AvgIpc) is 3.25. The summed E-state index contributed by atoms with van der Waals surface area (Å²) < 4.78 is 14.5. The second-order valence-electron chi connectivity index (χ2n) is 8.90. The summed E-state index contributed by atoms with van der Waals surface area (Å²) in [6, 6.07) is 17.2. The second kappa shape index (κ2) is 12.8. The van der Waals surface area contributed by atoms with Gasteiger partial charge in [-0.2, -0.15) is 0 Å². The smallest absolute Gasteiger partial charge is 0.220 e. The third-order valence-electron chi connectivity index (χ3n) is 6.14. The first-order chi connectivity index (χ1) is 18.7. The molecule has 0 N–H and O–H groups in total. The topological polar surface area (TPSA) is 92.3 Å². The van der Waals surface area contributed by atoms with Crippen molar-refractivity contribution in [1.82, 2.24) is 14.8 Å². The summed E-state index contributed by atoms with van der Waals surface area (Å²) >= 11 is 11.2. The molecule has 0 fully saturated rings. The van der Waals surface area contributed by atoms with Gasteiger partial charge in [-0.1, -0.05) is 47.6 Å². The van der Waals surface area contributed by atoms with Crippen LogP contribution in [-0.4, -0.2) is 32.8 Å². The highest BCUT2D eigenvalue weighted by atomic mass is 79.9. The van der Waals surface area contributed by atoms with E-state index in [1.54, 1.807) is 12.1 Å². The molecule has 0 saturated heterocycles. The molecule has 204 valence electrons. The summed E-state index contributed by atoms with van der Waals surface area (Å²) in [5, 5.41) is 21.0. The average molecular weight is 632 g/mol. The summed E-state index contributed by atoms with van der Waals surface area (Å²) in [5.74, 6) is 1.68. The Kier molecular flexibility index (Phi) is 9.53. The van der Waals surface area contributed by atoms with Crippen molar-refractivity contribution in [3.63, 3.8) is 0 Å². The minimum absolute atomic E-state index is 0.239. The molecule has 11 heteroatoms. The quantitative estimate of drug-likeness (QED) is 0.0952. The van der Waals surface area contributed by atoms with Crippen LogP contribution in [0.5, 0.6) is 11.5 Å². The van der Waals surface area contributed by atoms with Gasteiger partial charge in [0.25, 0.3) is 0 Å². The zero-order valence-electron chi connectivity index (χ0n) is 22.0. The lowest BCUT2D eigenvalue weighted by Gasteiger charge is -2.19. The molecule has 3 aromatic carbocycles. The normalized spacial score (nSPS) is 11.8. The van der Waals surface area contributed by atoms with Gasteiger partial charge in [0.05, 0.1) is 11.1 Å². The van der Waals surface area contributed by atoms with Crippen LogP contribution in [0.15, 0.2) is 64.2 Å². The molecule has 39 heavy (non-hydrogen) atoms. The van der Waals surface area contributed by atoms with Gasteiger partial charge >= 0.3 is 0 Å². The lowest BCUT2D eigenvalue weighted by Crippen LogP contribution is -2.12. The first-order valence-corrected chi connectivity index (χ1v) is 14.3. The Hall–Kier alpha value is -3.08. The fourth-order valence-corrected chi connectivity index (χ4v) is 5.92. The zero-order valence-corrected chi connectivity index (χ0v) is 25.1. The van der Waals surface area contributed by atoms with Gasteiger partial charge < -0.3 is 9.47 Å². The molecule has 4 rings (SSSR count). The lowest BCUT2D eigenvalue weighted by molar-refractivity contribution is -0.479. The van der Waals surface area contributed by atoms with Crippen LogP contribution in [0, 0.1) is 30.9 Å². The number of ether oxygens (including phenoxy) is 2. The van der Waals surface area contributed by atoms with Gasteiger partial charge in [-0.25, -0.2) is 0 Å². The lowest BCUT2D eigenvalue weighted by atomic mass is 10.1. The Morgan fingerprint density at radius 1 is 1.08 bits per heavy atom. The van der Waals surface area contributed by atoms with E-state index in [2.05, 4.69) is 39.1 Å². The molecule has 1 atom stereocenters. The van der Waals surface area contributed by atoms with Crippen molar-refractivity contribution in [1.29, 1.82) is 0 Å². The van der Waals surface area contributed by atoms with Crippen molar-refractivity contribution >= 4 is 39.3 Å². The van der Waals surface area contributed by atoms with E-state index in [0.717, 1.165) is 16.8 Å². The SMILES string of the molecule is CCOc1cc([C@@H](C[N+](=O)[O-])Sc2nnc(C)n2-c2ccc(C)c(C)c2)cc(Br)c1OCc1ccccc1Cl. The molecule has 1 heterocycles. The minimum Gasteiger partial charge on any atom is -0.490 e. The highest BCUT2D eigenvalue weighted by Crippen LogP contribution is 2.43. The molecule has 8 nitrogen and oxygen atoms in total. The van der Waals surface area contributed by atoms with E-state index >= 15 is 0 Å². The van der Waals surface area contributed by atoms with Crippen LogP contribution in [-0.2, 0) is 6.61 Å². The maximum Gasteiger partial charge on any atom is 0.220 e. The standard InChI is InChI=1S/C28H28BrClN4O4S/c1-5-37-25-14-21(13-23(29)27(25)38-16-20-8-6-7-9-24(20)30)26(15-33(35)36)39-28-32-31-19(4)34(28)22-11-10-17(2)18(3)12-22/h6-14,26H,5,15-16H2,1-4H3/t26-/m1/s1. The van der Waals surface area contributed by atoms with Gasteiger partial charge in [0, 0.05) is 21.2 Å². The van der Waals surface area contributed by atoms with Crippen LogP contribution in [0.3, 0.4) is 0 Å². The molecular weight excluding hydrogens is 604 g/mol. The summed E-state index contributed by atoms with van der Waals surface area (Å²) in [6.45, 7) is 8.15. The van der Waals surface area contributed by atoms with Gasteiger partial charge in [-0.05, 0) is 90.6 Å². The molecular formula is C28H28BrClN4O4S. The van der Waals surface area contributed by atoms with Gasteiger partial charge in [0.2, 0.25) is 6.54 Å². The molecule has 0 radical (unpaired) electrons. The number of halogens is 2. The van der Waals surface area contributed by atoms with Crippen molar-refractivity contribution in [3.05, 3.63) is 102 Å². The number of nitrogens with zero attached hydrogens (tertiary/aromatic N) is 4. The molecule has 0 spiro atoms. The molecule has 0 unspecified atom stereocenters. The maximum absolute atomic E-state index is 11.7. The molecule has 0 aliphatic heterocycles. The number of hydrogen-bond donors (Lipinski definition) is 0. The van der Waals surface area contributed by atoms with Crippen molar-refractivity contribution in [2.45, 2.75) is 44.7 Å². The molecule has 0 saturated carbocycles. The fourth-order valence-electron chi connectivity index (χ4n) is 4.00. The Bertz CT molecular complexity index is 1500. The molecule has 4 aromatic rings. The largest absolute Gasteiger partial charge is 0.490 e. The third-order valence-corrected chi connectivity index (χ3v) is 8.28. The van der Waals surface area contributed by atoms with Crippen molar-refractivity contribution < 1.29 is 14.4 Å². The van der Waals surface area contributed by atoms with Crippen LogP contribution >= 0.6 is 39.3 Å². The Balaban J connectivity index is 1.69. The Morgan fingerprint density at radius 3 is 2.54 bits per heavy atom. The summed E-state index contributed by atoms with van der Waals surface area (Å²) in [7, 11) is 0. The maximum atomic E-state index is 11.7. The van der Waals surface area contributed by atoms with E-state index in [1.807, 2.05) is 61.7 Å². The molecule has 1 aromatic heterocycles. The summed E-state index contributed by atoms with van der Waals surface area (Å²) in [6.07, 6.45) is 0. The number of hydrogen-bond acceptors (Lipinski definition) is 7. The molecule has 0 bridgehead atoms. The van der Waals surface area contributed by atoms with Crippen LogP contribution < -0.4 is 9.47 Å². The van der Waals surface area contributed by atoms with Crippen LogP contribution in [0.2, 0.25) is 5.02 Å². The van der Waals surface area contributed by atoms with Crippen molar-refractivity contribution in [3.8, 4) is 17.2 Å². The minimum atomic E-state index is -0.568. The van der Waals surface area contributed by atoms with E-state index in [0.29, 0.717) is 44.1 Å². The highest BCUT2D eigenvalue weighted by molar-refractivity contribution is 9.10. The number of aromatic nitrogens is 3. The van der Waals surface area contributed by atoms with Crippen LogP contribution in [0.4, 0.5) is 0 Å². The van der Waals surface area contributed by atoms with Crippen LogP contribution in [0.1, 0.15) is 40.3 Å². The zero-order chi connectivity index (χ0) is 28.1. The second-order valence-corrected chi connectivity index (χ2v) is 11.3. The van der Waals surface area contributed by atoms with Gasteiger partial charge in [-0.15, -0.1) is 10.2 Å². The van der Waals surface area contributed by atoms with E-state index in [4.69, 9.17) is 21.1 Å². The summed E-state index contributed by atoms with van der Waals surface area (Å²) in [5.41, 5.74) is 4.75. The van der Waals surface area contributed by atoms with Gasteiger partial charge in [-0.3, -0.25) is 14.7 Å². The van der Waals surface area contributed by atoms with E-state index in [9.17, 15) is 10.1 Å². The fraction of sp³-hybridized carbons (Fsp3) is 0.286. The number of benzene rings is 3. The number of nitro groups is 1. The van der Waals surface area contributed by atoms with E-state index < -0.39 is 5.25 Å². The first kappa shape index (κ1) is 28.9. The molecule has 0 aliphatic rings. The number of rotatable bonds is 11. The van der Waals surface area contributed by atoms with Crippen molar-refractivity contribution in [2.24, 2.45) is 0 Å². The monoisotopic (exact) mass is 630 g/mol. The van der Waals surface area contributed by atoms with Gasteiger partial charge in [0.1, 0.15) is 17.7 Å². The van der Waals surface area contributed by atoms with E-state index in [-0.39, 0.29) is 18.1 Å². The molecule has 0 amide bonds. The number of thioether (sulfide) groups is 1.